The van der Waals surface area contributed by atoms with Crippen molar-refractivity contribution < 1.29 is 4.74 Å². The molecule has 14 heavy (non-hydrogen) atoms. The van der Waals surface area contributed by atoms with Crippen LogP contribution >= 0.6 is 23.2 Å². The van der Waals surface area contributed by atoms with E-state index in [-0.39, 0.29) is 12.1 Å². The summed E-state index contributed by atoms with van der Waals surface area (Å²) >= 11 is 11.9. The number of hydrogen-bond acceptors (Lipinski definition) is 2. The lowest BCUT2D eigenvalue weighted by molar-refractivity contribution is 0.105. The van der Waals surface area contributed by atoms with Crippen molar-refractivity contribution in [2.24, 2.45) is 5.73 Å². The Balaban J connectivity index is 2.31. The van der Waals surface area contributed by atoms with Gasteiger partial charge in [0.25, 0.3) is 0 Å². The molecule has 1 aliphatic heterocycles. The zero-order chi connectivity index (χ0) is 10.1. The minimum Gasteiger partial charge on any atom is -0.372 e. The smallest absolute Gasteiger partial charge is 0.0990 e. The number of hydrogen-bond donors (Lipinski definition) is 1. The number of rotatable bonds is 1. The summed E-state index contributed by atoms with van der Waals surface area (Å²) in [7, 11) is 0. The Morgan fingerprint density at radius 2 is 2.14 bits per heavy atom. The molecule has 0 bridgehead atoms. The molecule has 1 fully saturated rings. The van der Waals surface area contributed by atoms with E-state index in [1.165, 1.54) is 0 Å². The first kappa shape index (κ1) is 10.2. The Morgan fingerprint density at radius 1 is 1.36 bits per heavy atom. The van der Waals surface area contributed by atoms with Crippen LogP contribution in [0.2, 0.25) is 10.0 Å². The second kappa shape index (κ2) is 4.07. The van der Waals surface area contributed by atoms with E-state index >= 15 is 0 Å². The average Bonchev–Trinajstić information content (AvgIpc) is 2.52. The minimum absolute atomic E-state index is 0.0358. The maximum Gasteiger partial charge on any atom is 0.0990 e. The van der Waals surface area contributed by atoms with Crippen molar-refractivity contribution in [2.75, 3.05) is 6.61 Å². The number of ether oxygens (including phenoxy) is 1. The highest BCUT2D eigenvalue weighted by molar-refractivity contribution is 6.35. The maximum atomic E-state index is 6.05. The highest BCUT2D eigenvalue weighted by Gasteiger charge is 2.27. The lowest BCUT2D eigenvalue weighted by Crippen LogP contribution is -2.23. The molecule has 0 aromatic heterocycles. The van der Waals surface area contributed by atoms with Gasteiger partial charge in [-0.15, -0.1) is 0 Å². The molecule has 76 valence electrons. The first-order valence-corrected chi connectivity index (χ1v) is 5.26. The third kappa shape index (κ3) is 1.89. The van der Waals surface area contributed by atoms with E-state index in [0.29, 0.717) is 16.7 Å². The van der Waals surface area contributed by atoms with E-state index in [4.69, 9.17) is 33.7 Å². The lowest BCUT2D eigenvalue weighted by Gasteiger charge is -2.16. The number of halogens is 2. The monoisotopic (exact) mass is 231 g/mol. The molecule has 2 atom stereocenters. The standard InChI is InChI=1S/C10H11Cl2NO/c11-6-1-2-7(8(12)5-6)10-9(13)3-4-14-10/h1-2,5,9-10H,3-4,13H2. The van der Waals surface area contributed by atoms with Gasteiger partial charge in [-0.3, -0.25) is 0 Å². The van der Waals surface area contributed by atoms with Crippen LogP contribution in [0.3, 0.4) is 0 Å². The summed E-state index contributed by atoms with van der Waals surface area (Å²) in [4.78, 5) is 0. The molecule has 1 saturated heterocycles. The first-order valence-electron chi connectivity index (χ1n) is 4.50. The van der Waals surface area contributed by atoms with Gasteiger partial charge in [-0.25, -0.2) is 0 Å². The molecule has 1 aromatic rings. The van der Waals surface area contributed by atoms with E-state index in [9.17, 15) is 0 Å². The van der Waals surface area contributed by atoms with Crippen LogP contribution < -0.4 is 5.73 Å². The van der Waals surface area contributed by atoms with Gasteiger partial charge in [-0.1, -0.05) is 29.3 Å². The topological polar surface area (TPSA) is 35.2 Å². The highest BCUT2D eigenvalue weighted by atomic mass is 35.5. The summed E-state index contributed by atoms with van der Waals surface area (Å²) in [6.45, 7) is 0.699. The molecule has 1 heterocycles. The molecule has 2 nitrogen and oxygen atoms in total. The summed E-state index contributed by atoms with van der Waals surface area (Å²) < 4.78 is 5.52. The quantitative estimate of drug-likeness (QED) is 0.807. The second-order valence-electron chi connectivity index (χ2n) is 3.41. The van der Waals surface area contributed by atoms with E-state index in [1.54, 1.807) is 12.1 Å². The van der Waals surface area contributed by atoms with Gasteiger partial charge in [0.1, 0.15) is 0 Å². The van der Waals surface area contributed by atoms with E-state index < -0.39 is 0 Å². The predicted molar refractivity (Wildman–Crippen MR) is 57.7 cm³/mol. The van der Waals surface area contributed by atoms with E-state index in [1.807, 2.05) is 6.07 Å². The van der Waals surface area contributed by atoms with Gasteiger partial charge in [0.15, 0.2) is 0 Å². The van der Waals surface area contributed by atoms with Crippen molar-refractivity contribution in [1.82, 2.24) is 0 Å². The molecule has 0 saturated carbocycles. The zero-order valence-electron chi connectivity index (χ0n) is 7.54. The van der Waals surface area contributed by atoms with Crippen molar-refractivity contribution in [2.45, 2.75) is 18.6 Å². The van der Waals surface area contributed by atoms with Crippen LogP contribution in [0, 0.1) is 0 Å². The molecular formula is C10H11Cl2NO. The summed E-state index contributed by atoms with van der Waals surface area (Å²) in [5, 5.41) is 1.25. The molecule has 0 spiro atoms. The number of benzene rings is 1. The molecule has 1 aliphatic rings. The Bertz CT molecular complexity index is 343. The van der Waals surface area contributed by atoms with Crippen molar-refractivity contribution in [3.05, 3.63) is 33.8 Å². The SMILES string of the molecule is NC1CCOC1c1ccc(Cl)cc1Cl. The molecule has 2 N–H and O–H groups in total. The van der Waals surface area contributed by atoms with Crippen LogP contribution in [0.25, 0.3) is 0 Å². The number of nitrogens with two attached hydrogens (primary N) is 1. The molecule has 0 radical (unpaired) electrons. The fraction of sp³-hybridized carbons (Fsp3) is 0.400. The summed E-state index contributed by atoms with van der Waals surface area (Å²) in [5.41, 5.74) is 6.83. The van der Waals surface area contributed by atoms with Crippen LogP contribution in [0.1, 0.15) is 18.1 Å². The lowest BCUT2D eigenvalue weighted by atomic mass is 10.0. The third-order valence-electron chi connectivity index (χ3n) is 2.41. The Kier molecular flexibility index (Phi) is 2.98. The van der Waals surface area contributed by atoms with E-state index in [2.05, 4.69) is 0 Å². The van der Waals surface area contributed by atoms with Gasteiger partial charge in [0.05, 0.1) is 6.10 Å². The Hall–Kier alpha value is -0.280. The second-order valence-corrected chi connectivity index (χ2v) is 4.25. The summed E-state index contributed by atoms with van der Waals surface area (Å²) in [6, 6.07) is 5.43. The van der Waals surface area contributed by atoms with Crippen LogP contribution in [-0.4, -0.2) is 12.6 Å². The molecular weight excluding hydrogens is 221 g/mol. The summed E-state index contributed by atoms with van der Waals surface area (Å²) in [5.74, 6) is 0. The maximum absolute atomic E-state index is 6.05. The van der Waals surface area contributed by atoms with Crippen LogP contribution in [-0.2, 0) is 4.74 Å². The van der Waals surface area contributed by atoms with Gasteiger partial charge in [0, 0.05) is 28.3 Å². The van der Waals surface area contributed by atoms with Gasteiger partial charge < -0.3 is 10.5 Å². The van der Waals surface area contributed by atoms with Gasteiger partial charge in [0.2, 0.25) is 0 Å². The normalized spacial score (nSPS) is 26.8. The largest absolute Gasteiger partial charge is 0.372 e. The molecule has 0 amide bonds. The Morgan fingerprint density at radius 3 is 2.71 bits per heavy atom. The molecule has 1 aromatic carbocycles. The van der Waals surface area contributed by atoms with Crippen molar-refractivity contribution in [3.8, 4) is 0 Å². The van der Waals surface area contributed by atoms with Crippen LogP contribution in [0.15, 0.2) is 18.2 Å². The fourth-order valence-electron chi connectivity index (χ4n) is 1.66. The average molecular weight is 232 g/mol. The zero-order valence-corrected chi connectivity index (χ0v) is 9.05. The van der Waals surface area contributed by atoms with Gasteiger partial charge in [-0.05, 0) is 18.6 Å². The minimum atomic E-state index is -0.0835. The molecule has 4 heteroatoms. The van der Waals surface area contributed by atoms with Crippen molar-refractivity contribution in [3.63, 3.8) is 0 Å². The first-order chi connectivity index (χ1) is 6.68. The molecule has 2 unspecified atom stereocenters. The highest BCUT2D eigenvalue weighted by Crippen LogP contribution is 2.33. The predicted octanol–water partition coefficient (Wildman–Crippen LogP) is 2.78. The van der Waals surface area contributed by atoms with Gasteiger partial charge in [-0.2, -0.15) is 0 Å². The summed E-state index contributed by atoms with van der Waals surface area (Å²) in [6.07, 6.45) is 0.795. The third-order valence-corrected chi connectivity index (χ3v) is 2.97. The Labute approximate surface area is 92.9 Å². The van der Waals surface area contributed by atoms with Crippen molar-refractivity contribution >= 4 is 23.2 Å². The van der Waals surface area contributed by atoms with E-state index in [0.717, 1.165) is 12.0 Å². The van der Waals surface area contributed by atoms with Crippen molar-refractivity contribution in [1.29, 1.82) is 0 Å². The van der Waals surface area contributed by atoms with Gasteiger partial charge >= 0.3 is 0 Å². The fourth-order valence-corrected chi connectivity index (χ4v) is 2.17. The van der Waals surface area contributed by atoms with Crippen LogP contribution in [0.5, 0.6) is 0 Å². The van der Waals surface area contributed by atoms with Crippen LogP contribution in [0.4, 0.5) is 0 Å². The molecule has 2 rings (SSSR count). The molecule has 0 aliphatic carbocycles.